The minimum Gasteiger partial charge on any atom is -0.494 e. The number of rotatable bonds is 8. The van der Waals surface area contributed by atoms with E-state index in [4.69, 9.17) is 4.74 Å². The molecule has 0 bridgehead atoms. The first-order valence-corrected chi connectivity index (χ1v) is 7.19. The van der Waals surface area contributed by atoms with Gasteiger partial charge in [0.1, 0.15) is 0 Å². The Morgan fingerprint density at radius 3 is 2.32 bits per heavy atom. The van der Waals surface area contributed by atoms with Crippen LogP contribution in [0.3, 0.4) is 0 Å². The van der Waals surface area contributed by atoms with Crippen LogP contribution in [0.15, 0.2) is 18.2 Å². The minimum atomic E-state index is -0.235. The number of methoxy groups -OCH3 is 1. The molecule has 19 heavy (non-hydrogen) atoms. The summed E-state index contributed by atoms with van der Waals surface area (Å²) < 4.78 is 19.5. The van der Waals surface area contributed by atoms with Gasteiger partial charge < -0.3 is 10.1 Å². The summed E-state index contributed by atoms with van der Waals surface area (Å²) in [4.78, 5) is 0. The van der Waals surface area contributed by atoms with Crippen LogP contribution in [0, 0.1) is 11.7 Å². The van der Waals surface area contributed by atoms with Crippen LogP contribution in [0.4, 0.5) is 4.39 Å². The van der Waals surface area contributed by atoms with Gasteiger partial charge in [0.25, 0.3) is 0 Å². The predicted octanol–water partition coefficient (Wildman–Crippen LogP) is 4.31. The number of hydrogen-bond acceptors (Lipinski definition) is 2. The van der Waals surface area contributed by atoms with Gasteiger partial charge in [0.2, 0.25) is 0 Å². The molecule has 0 aromatic heterocycles. The number of benzene rings is 1. The van der Waals surface area contributed by atoms with Crippen LogP contribution in [-0.2, 0) is 0 Å². The van der Waals surface area contributed by atoms with E-state index in [1.165, 1.54) is 7.11 Å². The molecular formula is C16H26FNO. The van der Waals surface area contributed by atoms with Gasteiger partial charge in [-0.25, -0.2) is 4.39 Å². The summed E-state index contributed by atoms with van der Waals surface area (Å²) in [6, 6.07) is 5.43. The van der Waals surface area contributed by atoms with Crippen molar-refractivity contribution in [1.82, 2.24) is 5.32 Å². The third-order valence-electron chi connectivity index (χ3n) is 3.65. The SMILES string of the molecule is CCCC(CCC)C(NC)c1cccc(OC)c1F. The number of halogens is 1. The molecule has 3 heteroatoms. The van der Waals surface area contributed by atoms with Crippen LogP contribution in [0.2, 0.25) is 0 Å². The smallest absolute Gasteiger partial charge is 0.169 e. The molecular weight excluding hydrogens is 241 g/mol. The van der Waals surface area contributed by atoms with E-state index in [0.29, 0.717) is 17.2 Å². The first-order valence-electron chi connectivity index (χ1n) is 7.19. The van der Waals surface area contributed by atoms with Gasteiger partial charge in [-0.2, -0.15) is 0 Å². The first-order chi connectivity index (χ1) is 9.19. The molecule has 0 aliphatic carbocycles. The third-order valence-corrected chi connectivity index (χ3v) is 3.65. The monoisotopic (exact) mass is 267 g/mol. The highest BCUT2D eigenvalue weighted by molar-refractivity contribution is 5.33. The fourth-order valence-electron chi connectivity index (χ4n) is 2.79. The maximum absolute atomic E-state index is 14.4. The van der Waals surface area contributed by atoms with E-state index in [0.717, 1.165) is 25.7 Å². The standard InChI is InChI=1S/C16H26FNO/c1-5-8-12(9-6-2)16(18-3)13-10-7-11-14(19-4)15(13)17/h7,10-12,16,18H,5-6,8-9H2,1-4H3. The van der Waals surface area contributed by atoms with Gasteiger partial charge in [0.05, 0.1) is 7.11 Å². The van der Waals surface area contributed by atoms with Crippen molar-refractivity contribution in [2.24, 2.45) is 5.92 Å². The van der Waals surface area contributed by atoms with E-state index in [1.54, 1.807) is 6.07 Å². The lowest BCUT2D eigenvalue weighted by molar-refractivity contribution is 0.317. The Morgan fingerprint density at radius 2 is 1.84 bits per heavy atom. The molecule has 1 aromatic carbocycles. The Bertz CT molecular complexity index is 375. The highest BCUT2D eigenvalue weighted by Crippen LogP contribution is 2.33. The molecule has 2 nitrogen and oxygen atoms in total. The second-order valence-corrected chi connectivity index (χ2v) is 4.97. The zero-order chi connectivity index (χ0) is 14.3. The van der Waals surface area contributed by atoms with Crippen molar-refractivity contribution in [3.8, 4) is 5.75 Å². The van der Waals surface area contributed by atoms with Crippen molar-refractivity contribution < 1.29 is 9.13 Å². The quantitative estimate of drug-likeness (QED) is 0.757. The van der Waals surface area contributed by atoms with Gasteiger partial charge in [-0.3, -0.25) is 0 Å². The van der Waals surface area contributed by atoms with Crippen molar-refractivity contribution in [3.05, 3.63) is 29.6 Å². The molecule has 0 heterocycles. The number of nitrogens with one attached hydrogen (secondary N) is 1. The second kappa shape index (κ2) is 8.16. The van der Waals surface area contributed by atoms with E-state index < -0.39 is 0 Å². The molecule has 1 N–H and O–H groups in total. The molecule has 0 radical (unpaired) electrons. The molecule has 0 aliphatic rings. The normalized spacial score (nSPS) is 12.7. The molecule has 0 saturated heterocycles. The molecule has 0 amide bonds. The Hall–Kier alpha value is -1.09. The van der Waals surface area contributed by atoms with Gasteiger partial charge in [0, 0.05) is 11.6 Å². The molecule has 0 saturated carbocycles. The summed E-state index contributed by atoms with van der Waals surface area (Å²) in [5.74, 6) is 0.549. The summed E-state index contributed by atoms with van der Waals surface area (Å²) in [6.07, 6.45) is 4.45. The Kier molecular flexibility index (Phi) is 6.85. The van der Waals surface area contributed by atoms with Crippen LogP contribution in [0.25, 0.3) is 0 Å². The zero-order valence-electron chi connectivity index (χ0n) is 12.5. The summed E-state index contributed by atoms with van der Waals surface area (Å²) in [7, 11) is 3.41. The van der Waals surface area contributed by atoms with E-state index in [1.807, 2.05) is 19.2 Å². The maximum Gasteiger partial charge on any atom is 0.169 e. The lowest BCUT2D eigenvalue weighted by Gasteiger charge is -2.27. The topological polar surface area (TPSA) is 21.3 Å². The van der Waals surface area contributed by atoms with Crippen molar-refractivity contribution in [3.63, 3.8) is 0 Å². The van der Waals surface area contributed by atoms with Gasteiger partial charge in [-0.1, -0.05) is 38.8 Å². The summed E-state index contributed by atoms with van der Waals surface area (Å²) in [6.45, 7) is 4.36. The largest absolute Gasteiger partial charge is 0.494 e. The Balaban J connectivity index is 3.06. The van der Waals surface area contributed by atoms with Crippen molar-refractivity contribution in [2.75, 3.05) is 14.2 Å². The highest BCUT2D eigenvalue weighted by Gasteiger charge is 2.24. The van der Waals surface area contributed by atoms with Crippen molar-refractivity contribution in [1.29, 1.82) is 0 Å². The fourth-order valence-corrected chi connectivity index (χ4v) is 2.79. The van der Waals surface area contributed by atoms with Gasteiger partial charge in [-0.05, 0) is 31.9 Å². The highest BCUT2D eigenvalue weighted by atomic mass is 19.1. The molecule has 0 aliphatic heterocycles. The van der Waals surface area contributed by atoms with Crippen molar-refractivity contribution in [2.45, 2.75) is 45.6 Å². The lowest BCUT2D eigenvalue weighted by Crippen LogP contribution is -2.26. The predicted molar refractivity (Wildman–Crippen MR) is 78.1 cm³/mol. The van der Waals surface area contributed by atoms with Gasteiger partial charge in [0.15, 0.2) is 11.6 Å². The molecule has 1 aromatic rings. The average Bonchev–Trinajstić information content (AvgIpc) is 2.42. The van der Waals surface area contributed by atoms with Crippen LogP contribution >= 0.6 is 0 Å². The van der Waals surface area contributed by atoms with Crippen LogP contribution in [0.1, 0.15) is 51.1 Å². The number of hydrogen-bond donors (Lipinski definition) is 1. The first kappa shape index (κ1) is 16.0. The Labute approximate surface area is 116 Å². The minimum absolute atomic E-state index is 0.0509. The summed E-state index contributed by atoms with van der Waals surface area (Å²) >= 11 is 0. The van der Waals surface area contributed by atoms with E-state index >= 15 is 0 Å². The molecule has 1 unspecified atom stereocenters. The third kappa shape index (κ3) is 3.93. The molecule has 1 atom stereocenters. The Morgan fingerprint density at radius 1 is 1.21 bits per heavy atom. The summed E-state index contributed by atoms with van der Waals surface area (Å²) in [5, 5.41) is 3.28. The van der Waals surface area contributed by atoms with Crippen molar-refractivity contribution >= 4 is 0 Å². The van der Waals surface area contributed by atoms with E-state index in [9.17, 15) is 4.39 Å². The zero-order valence-corrected chi connectivity index (χ0v) is 12.5. The van der Waals surface area contributed by atoms with E-state index in [-0.39, 0.29) is 11.9 Å². The average molecular weight is 267 g/mol. The number of ether oxygens (including phenoxy) is 1. The molecule has 0 fully saturated rings. The van der Waals surface area contributed by atoms with Crippen LogP contribution in [-0.4, -0.2) is 14.2 Å². The fraction of sp³-hybridized carbons (Fsp3) is 0.625. The maximum atomic E-state index is 14.4. The van der Waals surface area contributed by atoms with Gasteiger partial charge >= 0.3 is 0 Å². The van der Waals surface area contributed by atoms with Crippen LogP contribution < -0.4 is 10.1 Å². The second-order valence-electron chi connectivity index (χ2n) is 4.97. The van der Waals surface area contributed by atoms with Crippen LogP contribution in [0.5, 0.6) is 5.75 Å². The molecule has 1 rings (SSSR count). The molecule has 108 valence electrons. The lowest BCUT2D eigenvalue weighted by atomic mass is 9.86. The molecule has 0 spiro atoms. The summed E-state index contributed by atoms with van der Waals surface area (Å²) in [5.41, 5.74) is 0.716. The van der Waals surface area contributed by atoms with E-state index in [2.05, 4.69) is 19.2 Å². The van der Waals surface area contributed by atoms with Gasteiger partial charge in [-0.15, -0.1) is 0 Å².